The first-order valence-corrected chi connectivity index (χ1v) is 5.83. The number of carbonyl (C=O) groups is 1. The Morgan fingerprint density at radius 1 is 1.21 bits per heavy atom. The van der Waals surface area contributed by atoms with Gasteiger partial charge in [-0.1, -0.05) is 18.2 Å². The Morgan fingerprint density at radius 3 is 2.74 bits per heavy atom. The van der Waals surface area contributed by atoms with Crippen LogP contribution in [-0.2, 0) is 6.54 Å². The lowest BCUT2D eigenvalue weighted by Gasteiger charge is -2.06. The number of rotatable bonds is 3. The largest absolute Gasteiger partial charge is 0.326 e. The molecule has 2 aromatic rings. The van der Waals surface area contributed by atoms with Crippen molar-refractivity contribution in [1.82, 2.24) is 0 Å². The minimum Gasteiger partial charge on any atom is -0.326 e. The second kappa shape index (κ2) is 5.80. The van der Waals surface area contributed by atoms with E-state index < -0.39 is 0 Å². The minimum atomic E-state index is -0.244. The van der Waals surface area contributed by atoms with Crippen molar-refractivity contribution in [2.75, 3.05) is 5.32 Å². The van der Waals surface area contributed by atoms with Gasteiger partial charge in [-0.15, -0.1) is 0 Å². The topological polar surface area (TPSA) is 78.9 Å². The molecule has 0 unspecified atom stereocenters. The lowest BCUT2D eigenvalue weighted by Crippen LogP contribution is -2.12. The van der Waals surface area contributed by atoms with Gasteiger partial charge < -0.3 is 11.1 Å². The lowest BCUT2D eigenvalue weighted by atomic mass is 10.1. The fourth-order valence-corrected chi connectivity index (χ4v) is 1.71. The number of nitriles is 1. The van der Waals surface area contributed by atoms with Crippen LogP contribution in [-0.4, -0.2) is 5.91 Å². The zero-order valence-electron chi connectivity index (χ0n) is 10.3. The zero-order chi connectivity index (χ0) is 13.7. The van der Waals surface area contributed by atoms with E-state index in [4.69, 9.17) is 11.0 Å². The molecule has 3 N–H and O–H groups in total. The molecule has 0 heterocycles. The maximum atomic E-state index is 12.0. The van der Waals surface area contributed by atoms with Crippen LogP contribution in [0.4, 0.5) is 5.69 Å². The standard InChI is InChI=1S/C15H13N3O/c16-9-11-3-1-5-13(7-11)15(19)18-14-6-2-4-12(8-14)10-17/h1-8H,10,17H2,(H,18,19). The van der Waals surface area contributed by atoms with Crippen molar-refractivity contribution in [3.63, 3.8) is 0 Å². The highest BCUT2D eigenvalue weighted by Gasteiger charge is 2.06. The SMILES string of the molecule is N#Cc1cccc(C(=O)Nc2cccc(CN)c2)c1. The fraction of sp³-hybridized carbons (Fsp3) is 0.0667. The van der Waals surface area contributed by atoms with Crippen LogP contribution in [0.15, 0.2) is 48.5 Å². The second-order valence-electron chi connectivity index (χ2n) is 4.05. The van der Waals surface area contributed by atoms with Gasteiger partial charge in [0.25, 0.3) is 5.91 Å². The highest BCUT2D eigenvalue weighted by atomic mass is 16.1. The van der Waals surface area contributed by atoms with Crippen LogP contribution in [0.25, 0.3) is 0 Å². The van der Waals surface area contributed by atoms with Crippen LogP contribution in [0.5, 0.6) is 0 Å². The molecule has 0 bridgehead atoms. The van der Waals surface area contributed by atoms with Crippen LogP contribution in [0.2, 0.25) is 0 Å². The number of carbonyl (C=O) groups excluding carboxylic acids is 1. The summed E-state index contributed by atoms with van der Waals surface area (Å²) in [4.78, 5) is 12.0. The molecule has 0 aromatic heterocycles. The van der Waals surface area contributed by atoms with Gasteiger partial charge in [0.1, 0.15) is 0 Å². The van der Waals surface area contributed by atoms with Crippen LogP contribution in [0, 0.1) is 11.3 Å². The number of hydrogen-bond donors (Lipinski definition) is 2. The molecule has 1 amide bonds. The Morgan fingerprint density at radius 2 is 2.00 bits per heavy atom. The maximum absolute atomic E-state index is 12.0. The highest BCUT2D eigenvalue weighted by Crippen LogP contribution is 2.12. The van der Waals surface area contributed by atoms with E-state index in [2.05, 4.69) is 5.32 Å². The molecule has 0 saturated heterocycles. The molecule has 0 aliphatic rings. The van der Waals surface area contributed by atoms with Crippen molar-refractivity contribution in [2.45, 2.75) is 6.54 Å². The van der Waals surface area contributed by atoms with Crippen LogP contribution in [0.1, 0.15) is 21.5 Å². The molecular weight excluding hydrogens is 238 g/mol. The molecule has 0 saturated carbocycles. The summed E-state index contributed by atoms with van der Waals surface area (Å²) in [5, 5.41) is 11.6. The maximum Gasteiger partial charge on any atom is 0.255 e. The summed E-state index contributed by atoms with van der Waals surface area (Å²) in [7, 11) is 0. The number of nitrogens with two attached hydrogens (primary N) is 1. The summed E-state index contributed by atoms with van der Waals surface area (Å²) in [6.45, 7) is 0.424. The van der Waals surface area contributed by atoms with E-state index in [0.717, 1.165) is 5.56 Å². The molecule has 0 atom stereocenters. The van der Waals surface area contributed by atoms with Gasteiger partial charge >= 0.3 is 0 Å². The minimum absolute atomic E-state index is 0.244. The molecule has 2 rings (SSSR count). The van der Waals surface area contributed by atoms with E-state index in [1.165, 1.54) is 0 Å². The quantitative estimate of drug-likeness (QED) is 0.878. The summed E-state index contributed by atoms with van der Waals surface area (Å²) in [6, 6.07) is 15.9. The molecule has 2 aromatic carbocycles. The lowest BCUT2D eigenvalue weighted by molar-refractivity contribution is 0.102. The molecule has 0 radical (unpaired) electrons. The Kier molecular flexibility index (Phi) is 3.91. The fourth-order valence-electron chi connectivity index (χ4n) is 1.71. The average Bonchev–Trinajstić information content (AvgIpc) is 2.47. The third-order valence-electron chi connectivity index (χ3n) is 2.67. The van der Waals surface area contributed by atoms with Crippen molar-refractivity contribution >= 4 is 11.6 Å². The summed E-state index contributed by atoms with van der Waals surface area (Å²) in [5.74, 6) is -0.244. The van der Waals surface area contributed by atoms with E-state index in [1.807, 2.05) is 24.3 Å². The van der Waals surface area contributed by atoms with Gasteiger partial charge in [0.05, 0.1) is 11.6 Å². The van der Waals surface area contributed by atoms with Crippen LogP contribution in [0.3, 0.4) is 0 Å². The molecule has 4 heteroatoms. The molecule has 94 valence electrons. The number of anilines is 1. The van der Waals surface area contributed by atoms with Crippen molar-refractivity contribution in [2.24, 2.45) is 5.73 Å². The first-order chi connectivity index (χ1) is 9.22. The summed E-state index contributed by atoms with van der Waals surface area (Å²) in [5.41, 5.74) is 8.10. The number of amides is 1. The molecule has 0 spiro atoms. The molecule has 19 heavy (non-hydrogen) atoms. The van der Waals surface area contributed by atoms with E-state index in [1.54, 1.807) is 30.3 Å². The molecular formula is C15H13N3O. The monoisotopic (exact) mass is 251 g/mol. The van der Waals surface area contributed by atoms with Gasteiger partial charge in [-0.2, -0.15) is 5.26 Å². The summed E-state index contributed by atoms with van der Waals surface area (Å²) < 4.78 is 0. The summed E-state index contributed by atoms with van der Waals surface area (Å²) >= 11 is 0. The second-order valence-corrected chi connectivity index (χ2v) is 4.05. The molecule has 0 aliphatic carbocycles. The average molecular weight is 251 g/mol. The van der Waals surface area contributed by atoms with Crippen molar-refractivity contribution in [1.29, 1.82) is 5.26 Å². The van der Waals surface area contributed by atoms with Crippen molar-refractivity contribution in [3.8, 4) is 6.07 Å². The molecule has 4 nitrogen and oxygen atoms in total. The van der Waals surface area contributed by atoms with Crippen molar-refractivity contribution in [3.05, 3.63) is 65.2 Å². The number of hydrogen-bond acceptors (Lipinski definition) is 3. The Bertz CT molecular complexity index is 644. The predicted molar refractivity (Wildman–Crippen MR) is 73.4 cm³/mol. The predicted octanol–water partition coefficient (Wildman–Crippen LogP) is 2.27. The zero-order valence-corrected chi connectivity index (χ0v) is 10.3. The van der Waals surface area contributed by atoms with Gasteiger partial charge in [-0.3, -0.25) is 4.79 Å². The molecule has 0 fully saturated rings. The van der Waals surface area contributed by atoms with Crippen LogP contribution < -0.4 is 11.1 Å². The van der Waals surface area contributed by atoms with Gasteiger partial charge in [0.2, 0.25) is 0 Å². The number of nitrogens with zero attached hydrogens (tertiary/aromatic N) is 1. The summed E-state index contributed by atoms with van der Waals surface area (Å²) in [6.07, 6.45) is 0. The van der Waals surface area contributed by atoms with Crippen LogP contribution >= 0.6 is 0 Å². The van der Waals surface area contributed by atoms with E-state index in [9.17, 15) is 4.79 Å². The first kappa shape index (κ1) is 12.8. The van der Waals surface area contributed by atoms with E-state index >= 15 is 0 Å². The van der Waals surface area contributed by atoms with Gasteiger partial charge in [-0.05, 0) is 35.9 Å². The highest BCUT2D eigenvalue weighted by molar-refractivity contribution is 6.04. The third kappa shape index (κ3) is 3.18. The third-order valence-corrected chi connectivity index (χ3v) is 2.67. The Balaban J connectivity index is 2.18. The molecule has 0 aliphatic heterocycles. The van der Waals surface area contributed by atoms with Gasteiger partial charge in [0, 0.05) is 17.8 Å². The normalized spacial score (nSPS) is 9.68. The number of benzene rings is 2. The van der Waals surface area contributed by atoms with E-state index in [-0.39, 0.29) is 5.91 Å². The first-order valence-electron chi connectivity index (χ1n) is 5.83. The number of nitrogens with one attached hydrogen (secondary N) is 1. The van der Waals surface area contributed by atoms with Gasteiger partial charge in [-0.25, -0.2) is 0 Å². The van der Waals surface area contributed by atoms with Gasteiger partial charge in [0.15, 0.2) is 0 Å². The Hall–Kier alpha value is -2.64. The Labute approximate surface area is 111 Å². The van der Waals surface area contributed by atoms with Crippen molar-refractivity contribution < 1.29 is 4.79 Å². The smallest absolute Gasteiger partial charge is 0.255 e. The van der Waals surface area contributed by atoms with E-state index in [0.29, 0.717) is 23.4 Å².